The fourth-order valence-electron chi connectivity index (χ4n) is 2.78. The van der Waals surface area contributed by atoms with Crippen LogP contribution in [0.25, 0.3) is 5.65 Å². The third kappa shape index (κ3) is 3.97. The van der Waals surface area contributed by atoms with E-state index >= 15 is 0 Å². The lowest BCUT2D eigenvalue weighted by atomic mass is 10.1. The molecular formula is C15H21BrIN3O. The second-order valence-electron chi connectivity index (χ2n) is 5.48. The summed E-state index contributed by atoms with van der Waals surface area (Å²) in [6.45, 7) is 7.07. The van der Waals surface area contributed by atoms with E-state index in [0.717, 1.165) is 41.9 Å². The molecule has 1 saturated heterocycles. The van der Waals surface area contributed by atoms with Crippen molar-refractivity contribution in [3.63, 3.8) is 0 Å². The molecule has 6 heteroatoms. The predicted molar refractivity (Wildman–Crippen MR) is 98.2 cm³/mol. The molecule has 1 aliphatic rings. The Kier molecular flexibility index (Phi) is 6.05. The van der Waals surface area contributed by atoms with Gasteiger partial charge in [0.2, 0.25) is 0 Å². The number of nitrogens with zero attached hydrogens (tertiary/aromatic N) is 3. The van der Waals surface area contributed by atoms with Gasteiger partial charge in [-0.3, -0.25) is 4.90 Å². The van der Waals surface area contributed by atoms with E-state index in [1.807, 2.05) is 18.3 Å². The Morgan fingerprint density at radius 3 is 2.95 bits per heavy atom. The molecule has 1 aliphatic heterocycles. The van der Waals surface area contributed by atoms with E-state index in [1.165, 1.54) is 0 Å². The number of halogens is 2. The van der Waals surface area contributed by atoms with Crippen molar-refractivity contribution in [2.45, 2.75) is 39.0 Å². The van der Waals surface area contributed by atoms with Crippen LogP contribution in [0.15, 0.2) is 29.0 Å². The molecule has 4 nitrogen and oxygen atoms in total. The molecule has 2 aromatic rings. The molecule has 0 saturated carbocycles. The highest BCUT2D eigenvalue weighted by molar-refractivity contribution is 14.0. The van der Waals surface area contributed by atoms with Crippen molar-refractivity contribution in [3.8, 4) is 0 Å². The van der Waals surface area contributed by atoms with E-state index in [0.29, 0.717) is 12.1 Å². The van der Waals surface area contributed by atoms with Gasteiger partial charge in [0, 0.05) is 36.0 Å². The van der Waals surface area contributed by atoms with Gasteiger partial charge in [-0.15, -0.1) is 24.0 Å². The average molecular weight is 466 g/mol. The molecule has 3 heterocycles. The second kappa shape index (κ2) is 7.39. The summed E-state index contributed by atoms with van der Waals surface area (Å²) in [7, 11) is 0. The molecule has 3 rings (SSSR count). The number of morpholine rings is 1. The van der Waals surface area contributed by atoms with E-state index in [9.17, 15) is 0 Å². The summed E-state index contributed by atoms with van der Waals surface area (Å²) in [4.78, 5) is 7.19. The molecule has 2 unspecified atom stereocenters. The first-order valence-corrected chi connectivity index (χ1v) is 7.94. The van der Waals surface area contributed by atoms with Gasteiger partial charge in [0.05, 0.1) is 18.4 Å². The summed E-state index contributed by atoms with van der Waals surface area (Å²) in [5.41, 5.74) is 2.12. The van der Waals surface area contributed by atoms with Crippen LogP contribution in [0.2, 0.25) is 0 Å². The zero-order valence-corrected chi connectivity index (χ0v) is 16.2. The number of pyridine rings is 1. The Morgan fingerprint density at radius 1 is 1.38 bits per heavy atom. The average Bonchev–Trinajstić information content (AvgIpc) is 2.80. The molecule has 2 atom stereocenters. The zero-order valence-electron chi connectivity index (χ0n) is 12.3. The minimum Gasteiger partial charge on any atom is -0.376 e. The van der Waals surface area contributed by atoms with Crippen LogP contribution in [-0.2, 0) is 11.3 Å². The summed E-state index contributed by atoms with van der Waals surface area (Å²) < 4.78 is 8.89. The smallest absolute Gasteiger partial charge is 0.137 e. The van der Waals surface area contributed by atoms with Crippen LogP contribution in [-0.4, -0.2) is 39.6 Å². The van der Waals surface area contributed by atoms with E-state index in [-0.39, 0.29) is 24.0 Å². The van der Waals surface area contributed by atoms with Gasteiger partial charge in [0.15, 0.2) is 0 Å². The Labute approximate surface area is 151 Å². The number of ether oxygens (including phenoxy) is 1. The Hall–Kier alpha value is -0.180. The molecular weight excluding hydrogens is 445 g/mol. The Balaban J connectivity index is 0.00000161. The first-order valence-electron chi connectivity index (χ1n) is 7.14. The third-order valence-electron chi connectivity index (χ3n) is 3.88. The number of rotatable bonds is 3. The van der Waals surface area contributed by atoms with Gasteiger partial charge < -0.3 is 9.14 Å². The summed E-state index contributed by atoms with van der Waals surface area (Å²) in [5, 5.41) is 0. The van der Waals surface area contributed by atoms with Crippen LogP contribution in [0.4, 0.5) is 0 Å². The van der Waals surface area contributed by atoms with Crippen LogP contribution in [0.5, 0.6) is 0 Å². The van der Waals surface area contributed by atoms with E-state index in [4.69, 9.17) is 9.72 Å². The molecule has 0 amide bonds. The number of fused-ring (bicyclic) bond motifs is 1. The van der Waals surface area contributed by atoms with Crippen molar-refractivity contribution in [2.24, 2.45) is 0 Å². The van der Waals surface area contributed by atoms with Gasteiger partial charge in [0.1, 0.15) is 5.65 Å². The van der Waals surface area contributed by atoms with Crippen molar-refractivity contribution in [1.82, 2.24) is 14.3 Å². The van der Waals surface area contributed by atoms with Crippen LogP contribution in [0.1, 0.15) is 26.0 Å². The van der Waals surface area contributed by atoms with Gasteiger partial charge in [-0.1, -0.05) is 6.92 Å². The van der Waals surface area contributed by atoms with Gasteiger partial charge >= 0.3 is 0 Å². The van der Waals surface area contributed by atoms with Crippen LogP contribution in [0.3, 0.4) is 0 Å². The largest absolute Gasteiger partial charge is 0.376 e. The SMILES string of the molecule is CCC1COC(C)CN1Cc1cn2cc(Br)ccc2n1.I. The minimum atomic E-state index is 0. The first-order chi connectivity index (χ1) is 9.65. The van der Waals surface area contributed by atoms with E-state index in [1.54, 1.807) is 0 Å². The van der Waals surface area contributed by atoms with E-state index < -0.39 is 0 Å². The quantitative estimate of drug-likeness (QED) is 0.647. The molecule has 0 aromatic carbocycles. The summed E-state index contributed by atoms with van der Waals surface area (Å²) in [6.07, 6.45) is 5.59. The highest BCUT2D eigenvalue weighted by atomic mass is 127. The van der Waals surface area contributed by atoms with Gasteiger partial charge in [-0.2, -0.15) is 0 Å². The summed E-state index contributed by atoms with van der Waals surface area (Å²) in [5.74, 6) is 0. The van der Waals surface area contributed by atoms with Crippen LogP contribution >= 0.6 is 39.9 Å². The molecule has 0 aliphatic carbocycles. The van der Waals surface area contributed by atoms with Gasteiger partial charge in [0.25, 0.3) is 0 Å². The second-order valence-corrected chi connectivity index (χ2v) is 6.40. The molecule has 2 aromatic heterocycles. The number of aromatic nitrogens is 2. The molecule has 21 heavy (non-hydrogen) atoms. The first kappa shape index (κ1) is 17.2. The van der Waals surface area contributed by atoms with Gasteiger partial charge in [-0.25, -0.2) is 4.98 Å². The molecule has 0 radical (unpaired) electrons. The fraction of sp³-hybridized carbons (Fsp3) is 0.533. The van der Waals surface area contributed by atoms with Crippen LogP contribution < -0.4 is 0 Å². The van der Waals surface area contributed by atoms with Crippen molar-refractivity contribution in [2.75, 3.05) is 13.2 Å². The monoisotopic (exact) mass is 465 g/mol. The van der Waals surface area contributed by atoms with Crippen LogP contribution in [0, 0.1) is 0 Å². The lowest BCUT2D eigenvalue weighted by molar-refractivity contribution is -0.0595. The zero-order chi connectivity index (χ0) is 14.1. The molecule has 1 fully saturated rings. The number of imidazole rings is 1. The molecule has 0 spiro atoms. The maximum absolute atomic E-state index is 5.75. The maximum Gasteiger partial charge on any atom is 0.137 e. The summed E-state index contributed by atoms with van der Waals surface area (Å²) in [6, 6.07) is 4.56. The van der Waals surface area contributed by atoms with Crippen molar-refractivity contribution in [3.05, 3.63) is 34.7 Å². The normalized spacial score (nSPS) is 23.2. The Morgan fingerprint density at radius 2 is 2.19 bits per heavy atom. The summed E-state index contributed by atoms with van der Waals surface area (Å²) >= 11 is 3.49. The molecule has 0 N–H and O–H groups in total. The highest BCUT2D eigenvalue weighted by Gasteiger charge is 2.26. The van der Waals surface area contributed by atoms with E-state index in [2.05, 4.69) is 45.3 Å². The van der Waals surface area contributed by atoms with Crippen molar-refractivity contribution >= 4 is 45.6 Å². The lowest BCUT2D eigenvalue weighted by Gasteiger charge is -2.37. The predicted octanol–water partition coefficient (Wildman–Crippen LogP) is 3.71. The standard InChI is InChI=1S/C15H20BrN3O.HI/c1-3-14-10-20-11(2)6-18(14)8-13-9-19-7-12(16)4-5-15(19)17-13;/h4-5,7,9,11,14H,3,6,8,10H2,1-2H3;1H. The highest BCUT2D eigenvalue weighted by Crippen LogP contribution is 2.18. The topological polar surface area (TPSA) is 29.8 Å². The number of hydrogen-bond donors (Lipinski definition) is 0. The van der Waals surface area contributed by atoms with Crippen molar-refractivity contribution in [1.29, 1.82) is 0 Å². The van der Waals surface area contributed by atoms with Gasteiger partial charge in [-0.05, 0) is 41.4 Å². The van der Waals surface area contributed by atoms with Crippen molar-refractivity contribution < 1.29 is 4.74 Å². The Bertz CT molecular complexity index is 604. The third-order valence-corrected chi connectivity index (χ3v) is 4.35. The maximum atomic E-state index is 5.75. The number of hydrogen-bond acceptors (Lipinski definition) is 3. The fourth-order valence-corrected chi connectivity index (χ4v) is 3.14. The minimum absolute atomic E-state index is 0. The lowest BCUT2D eigenvalue weighted by Crippen LogP contribution is -2.47. The molecule has 116 valence electrons. The molecule has 0 bridgehead atoms.